The number of hydrogen-bond donors (Lipinski definition) is 2. The van der Waals surface area contributed by atoms with Crippen LogP contribution in [-0.4, -0.2) is 60.9 Å². The average Bonchev–Trinajstić information content (AvgIpc) is 3.02. The van der Waals surface area contributed by atoms with Gasteiger partial charge in [0.15, 0.2) is 5.65 Å². The Kier molecular flexibility index (Phi) is 5.26. The Morgan fingerprint density at radius 1 is 1.23 bits per heavy atom. The van der Waals surface area contributed by atoms with E-state index in [4.69, 9.17) is 0 Å². The van der Waals surface area contributed by atoms with Crippen molar-refractivity contribution < 1.29 is 19.8 Å². The molecule has 2 aromatic heterocycles. The number of pyridine rings is 1. The molecule has 31 heavy (non-hydrogen) atoms. The van der Waals surface area contributed by atoms with E-state index in [0.29, 0.717) is 28.0 Å². The molecule has 1 aliphatic rings. The van der Waals surface area contributed by atoms with Crippen LogP contribution >= 0.6 is 0 Å². The fraction of sp³-hybridized carbons (Fsp3) is 0.391. The van der Waals surface area contributed by atoms with Gasteiger partial charge in [-0.1, -0.05) is 30.3 Å². The molecule has 2 N–H and O–H groups in total. The molecule has 0 unspecified atom stereocenters. The van der Waals surface area contributed by atoms with Crippen LogP contribution < -0.4 is 0 Å². The number of likely N-dealkylation sites (tertiary alicyclic amines) is 1. The summed E-state index contributed by atoms with van der Waals surface area (Å²) in [5.74, 6) is -1.37. The highest BCUT2D eigenvalue weighted by atomic mass is 16.4. The molecule has 3 heterocycles. The number of aliphatic carboxylic acids is 1. The van der Waals surface area contributed by atoms with Gasteiger partial charge in [-0.25, -0.2) is 4.98 Å². The summed E-state index contributed by atoms with van der Waals surface area (Å²) in [6.07, 6.45) is -0.705. The summed E-state index contributed by atoms with van der Waals surface area (Å²) in [6.45, 7) is 3.86. The summed E-state index contributed by atoms with van der Waals surface area (Å²) in [4.78, 5) is 32.0. The van der Waals surface area contributed by atoms with Gasteiger partial charge in [-0.3, -0.25) is 14.3 Å². The second kappa shape index (κ2) is 7.77. The van der Waals surface area contributed by atoms with Crippen molar-refractivity contribution in [1.29, 1.82) is 0 Å². The summed E-state index contributed by atoms with van der Waals surface area (Å²) in [5.41, 5.74) is 1.79. The Morgan fingerprint density at radius 3 is 2.61 bits per heavy atom. The van der Waals surface area contributed by atoms with Crippen LogP contribution in [0.1, 0.15) is 33.7 Å². The lowest BCUT2D eigenvalue weighted by atomic mass is 9.72. The van der Waals surface area contributed by atoms with Crippen LogP contribution in [0.2, 0.25) is 0 Å². The maximum absolute atomic E-state index is 13.6. The number of rotatable bonds is 4. The lowest BCUT2D eigenvalue weighted by molar-refractivity contribution is -0.161. The molecule has 8 nitrogen and oxygen atoms in total. The minimum absolute atomic E-state index is 0.0700. The normalized spacial score (nSPS) is 21.4. The number of benzene rings is 1. The first-order valence-corrected chi connectivity index (χ1v) is 10.3. The Bertz CT molecular complexity index is 1160. The maximum atomic E-state index is 13.6. The smallest absolute Gasteiger partial charge is 0.314 e. The molecule has 0 radical (unpaired) electrons. The second-order valence-electron chi connectivity index (χ2n) is 8.37. The number of carbonyl (C=O) groups excluding carboxylic acids is 1. The van der Waals surface area contributed by atoms with Crippen LogP contribution in [0.4, 0.5) is 0 Å². The third-order valence-corrected chi connectivity index (χ3v) is 6.19. The molecule has 1 amide bonds. The second-order valence-corrected chi connectivity index (χ2v) is 8.37. The van der Waals surface area contributed by atoms with E-state index in [2.05, 4.69) is 10.1 Å². The highest BCUT2D eigenvalue weighted by Gasteiger charge is 2.50. The predicted octanol–water partition coefficient (Wildman–Crippen LogP) is 2.11. The van der Waals surface area contributed by atoms with Gasteiger partial charge in [0.05, 0.1) is 22.7 Å². The molecule has 162 valence electrons. The van der Waals surface area contributed by atoms with Gasteiger partial charge in [0.2, 0.25) is 0 Å². The quantitative estimate of drug-likeness (QED) is 0.667. The van der Waals surface area contributed by atoms with Gasteiger partial charge in [0, 0.05) is 25.8 Å². The molecule has 0 bridgehead atoms. The van der Waals surface area contributed by atoms with Gasteiger partial charge in [-0.05, 0) is 38.3 Å². The van der Waals surface area contributed by atoms with Crippen molar-refractivity contribution in [2.75, 3.05) is 13.1 Å². The Labute approximate surface area is 180 Å². The van der Waals surface area contributed by atoms with Crippen molar-refractivity contribution in [3.8, 4) is 0 Å². The summed E-state index contributed by atoms with van der Waals surface area (Å²) in [5, 5.41) is 25.9. The number of carbonyl (C=O) groups is 2. The van der Waals surface area contributed by atoms with Crippen molar-refractivity contribution in [2.24, 2.45) is 12.5 Å². The molecular formula is C23H26N4O4. The van der Waals surface area contributed by atoms with E-state index in [0.717, 1.165) is 5.56 Å². The van der Waals surface area contributed by atoms with E-state index >= 15 is 0 Å². The number of aryl methyl sites for hydroxylation is 3. The molecular weight excluding hydrogens is 396 g/mol. The van der Waals surface area contributed by atoms with E-state index in [1.54, 1.807) is 22.7 Å². The highest BCUT2D eigenvalue weighted by molar-refractivity contribution is 6.06. The Hall–Kier alpha value is -3.26. The predicted molar refractivity (Wildman–Crippen MR) is 115 cm³/mol. The topological polar surface area (TPSA) is 109 Å². The summed E-state index contributed by atoms with van der Waals surface area (Å²) < 4.78 is 1.64. The minimum Gasteiger partial charge on any atom is -0.481 e. The average molecular weight is 422 g/mol. The number of piperidine rings is 1. The molecule has 3 aromatic rings. The zero-order valence-electron chi connectivity index (χ0n) is 17.9. The molecule has 4 rings (SSSR count). The number of amides is 1. The van der Waals surface area contributed by atoms with Crippen LogP contribution in [0.5, 0.6) is 0 Å². The van der Waals surface area contributed by atoms with E-state index in [1.807, 2.05) is 44.2 Å². The fourth-order valence-electron chi connectivity index (χ4n) is 4.58. The van der Waals surface area contributed by atoms with E-state index in [-0.39, 0.29) is 31.8 Å². The molecule has 1 aromatic carbocycles. The molecule has 2 atom stereocenters. The molecule has 8 heteroatoms. The van der Waals surface area contributed by atoms with Gasteiger partial charge in [0.25, 0.3) is 5.91 Å². The number of fused-ring (bicyclic) bond motifs is 1. The molecule has 1 fully saturated rings. The van der Waals surface area contributed by atoms with Gasteiger partial charge >= 0.3 is 5.97 Å². The number of carboxylic acid groups (broad SMARTS) is 1. The fourth-order valence-corrected chi connectivity index (χ4v) is 4.58. The number of nitrogens with zero attached hydrogens (tertiary/aromatic N) is 4. The third-order valence-electron chi connectivity index (χ3n) is 6.19. The molecule has 0 saturated carbocycles. The van der Waals surface area contributed by atoms with Crippen molar-refractivity contribution in [2.45, 2.75) is 32.8 Å². The SMILES string of the molecule is Cc1cc(C(=O)N2CC[C@H](O)[C@@](Cc3ccccc3)(C(=O)O)C2)c2c(C)nn(C)c2n1. The Morgan fingerprint density at radius 2 is 1.94 bits per heavy atom. The van der Waals surface area contributed by atoms with Gasteiger partial charge in [-0.15, -0.1) is 0 Å². The number of carboxylic acids is 1. The standard InChI is InChI=1S/C23H26N4O4/c1-14-11-17(19-15(2)25-26(3)20(19)24-14)21(29)27-10-9-18(28)23(13-27,22(30)31)12-16-7-5-4-6-8-16/h4-8,11,18,28H,9-10,12-13H2,1-3H3,(H,30,31)/t18-,23-/m0/s1. The molecule has 0 aliphatic carbocycles. The van der Waals surface area contributed by atoms with E-state index in [1.165, 1.54) is 0 Å². The first-order valence-electron chi connectivity index (χ1n) is 10.3. The third kappa shape index (κ3) is 3.57. The highest BCUT2D eigenvalue weighted by Crippen LogP contribution is 2.36. The largest absolute Gasteiger partial charge is 0.481 e. The van der Waals surface area contributed by atoms with Crippen molar-refractivity contribution >= 4 is 22.9 Å². The molecule has 1 aliphatic heterocycles. The van der Waals surface area contributed by atoms with E-state index in [9.17, 15) is 19.8 Å². The van der Waals surface area contributed by atoms with Crippen LogP contribution in [0.15, 0.2) is 36.4 Å². The summed E-state index contributed by atoms with van der Waals surface area (Å²) in [6, 6.07) is 10.9. The number of aromatic nitrogens is 3. The van der Waals surface area contributed by atoms with E-state index < -0.39 is 17.5 Å². The van der Waals surface area contributed by atoms with Crippen molar-refractivity contribution in [3.05, 3.63) is 58.9 Å². The summed E-state index contributed by atoms with van der Waals surface area (Å²) >= 11 is 0. The summed E-state index contributed by atoms with van der Waals surface area (Å²) in [7, 11) is 1.78. The number of aliphatic hydroxyl groups excluding tert-OH is 1. The first-order chi connectivity index (χ1) is 14.7. The monoisotopic (exact) mass is 422 g/mol. The zero-order chi connectivity index (χ0) is 22.3. The van der Waals surface area contributed by atoms with Crippen LogP contribution in [0, 0.1) is 19.3 Å². The molecule has 0 spiro atoms. The van der Waals surface area contributed by atoms with Gasteiger partial charge in [0.1, 0.15) is 5.41 Å². The van der Waals surface area contributed by atoms with Crippen LogP contribution in [0.3, 0.4) is 0 Å². The van der Waals surface area contributed by atoms with Crippen LogP contribution in [0.25, 0.3) is 11.0 Å². The van der Waals surface area contributed by atoms with Gasteiger partial charge in [-0.2, -0.15) is 5.10 Å². The van der Waals surface area contributed by atoms with Crippen molar-refractivity contribution in [3.63, 3.8) is 0 Å². The van der Waals surface area contributed by atoms with Crippen molar-refractivity contribution in [1.82, 2.24) is 19.7 Å². The maximum Gasteiger partial charge on any atom is 0.314 e. The lowest BCUT2D eigenvalue weighted by Gasteiger charge is -2.43. The Balaban J connectivity index is 1.73. The zero-order valence-corrected chi connectivity index (χ0v) is 17.9. The molecule has 1 saturated heterocycles. The number of hydrogen-bond acceptors (Lipinski definition) is 5. The first kappa shape index (κ1) is 21.0. The minimum atomic E-state index is -1.47. The van der Waals surface area contributed by atoms with Crippen LogP contribution in [-0.2, 0) is 18.3 Å². The lowest BCUT2D eigenvalue weighted by Crippen LogP contribution is -2.58. The van der Waals surface area contributed by atoms with Gasteiger partial charge < -0.3 is 15.1 Å². The number of aliphatic hydroxyl groups is 1.